The van der Waals surface area contributed by atoms with Crippen molar-refractivity contribution in [2.45, 2.75) is 19.5 Å². The van der Waals surface area contributed by atoms with E-state index in [1.165, 1.54) is 22.7 Å². The fourth-order valence-electron chi connectivity index (χ4n) is 1.67. The van der Waals surface area contributed by atoms with Gasteiger partial charge in [-0.2, -0.15) is 0 Å². The highest BCUT2D eigenvalue weighted by Crippen LogP contribution is 1.97. The normalized spacial score (nSPS) is 12.3. The summed E-state index contributed by atoms with van der Waals surface area (Å²) in [4.78, 5) is 36.3. The van der Waals surface area contributed by atoms with E-state index in [1.807, 2.05) is 0 Å². The highest BCUT2D eigenvalue weighted by atomic mass is 16.2. The molecule has 0 saturated carbocycles. The first-order valence-electron chi connectivity index (χ1n) is 5.51. The Morgan fingerprint density at radius 3 is 2.50 bits per heavy atom. The Labute approximate surface area is 104 Å². The van der Waals surface area contributed by atoms with Gasteiger partial charge in [-0.1, -0.05) is 0 Å². The second-order valence-electron chi connectivity index (χ2n) is 4.39. The van der Waals surface area contributed by atoms with Crippen LogP contribution in [-0.2, 0) is 25.4 Å². The first-order chi connectivity index (χ1) is 8.25. The van der Waals surface area contributed by atoms with Gasteiger partial charge in [0, 0.05) is 27.3 Å². The number of aryl methyl sites for hydroxylation is 1. The van der Waals surface area contributed by atoms with E-state index in [-0.39, 0.29) is 12.5 Å². The standard InChI is InChI=1S/C11H18N4O3/c1-7(12)9(16)13(2)5-8-6-14(3)11(18)15(4)10(8)17/h6-7H,5,12H2,1-4H3/t7-/m0/s1. The van der Waals surface area contributed by atoms with Gasteiger partial charge in [0.15, 0.2) is 0 Å². The van der Waals surface area contributed by atoms with Gasteiger partial charge < -0.3 is 15.2 Å². The lowest BCUT2D eigenvalue weighted by atomic mass is 10.2. The zero-order valence-corrected chi connectivity index (χ0v) is 11.0. The van der Waals surface area contributed by atoms with E-state index in [4.69, 9.17) is 5.73 Å². The van der Waals surface area contributed by atoms with E-state index in [1.54, 1.807) is 21.0 Å². The minimum absolute atomic E-state index is 0.126. The van der Waals surface area contributed by atoms with E-state index in [9.17, 15) is 14.4 Å². The molecule has 7 heteroatoms. The molecular formula is C11H18N4O3. The third kappa shape index (κ3) is 2.67. The van der Waals surface area contributed by atoms with Crippen molar-refractivity contribution in [1.29, 1.82) is 0 Å². The summed E-state index contributed by atoms with van der Waals surface area (Å²) in [5, 5.41) is 0. The average molecular weight is 254 g/mol. The zero-order valence-electron chi connectivity index (χ0n) is 11.0. The van der Waals surface area contributed by atoms with Crippen LogP contribution in [0.25, 0.3) is 0 Å². The summed E-state index contributed by atoms with van der Waals surface area (Å²) >= 11 is 0. The highest BCUT2D eigenvalue weighted by molar-refractivity contribution is 5.80. The molecule has 2 N–H and O–H groups in total. The van der Waals surface area contributed by atoms with Crippen LogP contribution in [0.3, 0.4) is 0 Å². The molecule has 1 rings (SSSR count). The number of carbonyl (C=O) groups is 1. The van der Waals surface area contributed by atoms with E-state index in [2.05, 4.69) is 0 Å². The zero-order chi connectivity index (χ0) is 14.0. The predicted molar refractivity (Wildman–Crippen MR) is 67.0 cm³/mol. The Morgan fingerprint density at radius 2 is 2.00 bits per heavy atom. The molecule has 0 bridgehead atoms. The Hall–Kier alpha value is -1.89. The van der Waals surface area contributed by atoms with E-state index in [0.717, 1.165) is 4.57 Å². The molecular weight excluding hydrogens is 236 g/mol. The smallest absolute Gasteiger partial charge is 0.330 e. The summed E-state index contributed by atoms with van der Waals surface area (Å²) in [5.41, 5.74) is 5.06. The molecule has 1 heterocycles. The highest BCUT2D eigenvalue weighted by Gasteiger charge is 2.16. The molecule has 0 aromatic carbocycles. The minimum atomic E-state index is -0.619. The number of nitrogens with zero attached hydrogens (tertiary/aromatic N) is 3. The van der Waals surface area contributed by atoms with Crippen molar-refractivity contribution in [1.82, 2.24) is 14.0 Å². The molecule has 1 amide bonds. The minimum Gasteiger partial charge on any atom is -0.340 e. The summed E-state index contributed by atoms with van der Waals surface area (Å²) in [5.74, 6) is -0.258. The summed E-state index contributed by atoms with van der Waals surface area (Å²) in [6, 6.07) is -0.619. The van der Waals surface area contributed by atoms with Crippen LogP contribution < -0.4 is 17.0 Å². The van der Waals surface area contributed by atoms with Crippen LogP contribution in [0.2, 0.25) is 0 Å². The second-order valence-corrected chi connectivity index (χ2v) is 4.39. The van der Waals surface area contributed by atoms with Crippen molar-refractivity contribution in [2.24, 2.45) is 19.8 Å². The van der Waals surface area contributed by atoms with Gasteiger partial charge in [-0.05, 0) is 6.92 Å². The number of rotatable bonds is 3. The topological polar surface area (TPSA) is 90.3 Å². The molecule has 0 aliphatic rings. The summed E-state index contributed by atoms with van der Waals surface area (Å²) in [6.07, 6.45) is 1.44. The molecule has 100 valence electrons. The fourth-order valence-corrected chi connectivity index (χ4v) is 1.67. The van der Waals surface area contributed by atoms with Crippen molar-refractivity contribution in [3.63, 3.8) is 0 Å². The van der Waals surface area contributed by atoms with Crippen molar-refractivity contribution in [2.75, 3.05) is 7.05 Å². The van der Waals surface area contributed by atoms with Crippen LogP contribution in [0.15, 0.2) is 15.8 Å². The van der Waals surface area contributed by atoms with E-state index in [0.29, 0.717) is 5.56 Å². The maximum atomic E-state index is 11.9. The number of hydrogen-bond acceptors (Lipinski definition) is 4. The number of nitrogens with two attached hydrogens (primary N) is 1. The lowest BCUT2D eigenvalue weighted by Gasteiger charge is -2.19. The molecule has 18 heavy (non-hydrogen) atoms. The second kappa shape index (κ2) is 5.18. The third-order valence-electron chi connectivity index (χ3n) is 2.69. The van der Waals surface area contributed by atoms with E-state index < -0.39 is 17.3 Å². The molecule has 0 radical (unpaired) electrons. The average Bonchev–Trinajstić information content (AvgIpc) is 2.32. The molecule has 1 aromatic heterocycles. The molecule has 1 aromatic rings. The molecule has 0 aliphatic carbocycles. The van der Waals surface area contributed by atoms with Crippen LogP contribution in [0.5, 0.6) is 0 Å². The summed E-state index contributed by atoms with van der Waals surface area (Å²) in [7, 11) is 4.52. The van der Waals surface area contributed by atoms with Crippen LogP contribution in [0.4, 0.5) is 0 Å². The van der Waals surface area contributed by atoms with E-state index >= 15 is 0 Å². The van der Waals surface area contributed by atoms with Gasteiger partial charge in [0.2, 0.25) is 5.91 Å². The maximum absolute atomic E-state index is 11.9. The van der Waals surface area contributed by atoms with Crippen molar-refractivity contribution in [3.8, 4) is 0 Å². The Bertz CT molecular complexity index is 571. The summed E-state index contributed by atoms with van der Waals surface area (Å²) in [6.45, 7) is 1.71. The molecule has 0 fully saturated rings. The Kier molecular flexibility index (Phi) is 4.07. The molecule has 0 aliphatic heterocycles. The van der Waals surface area contributed by atoms with Gasteiger partial charge in [-0.3, -0.25) is 14.2 Å². The van der Waals surface area contributed by atoms with Gasteiger partial charge in [0.25, 0.3) is 5.56 Å². The quantitative estimate of drug-likeness (QED) is 0.702. The van der Waals surface area contributed by atoms with Crippen LogP contribution in [-0.4, -0.2) is 33.0 Å². The predicted octanol–water partition coefficient (Wildman–Crippen LogP) is -1.61. The van der Waals surface area contributed by atoms with Gasteiger partial charge in [-0.25, -0.2) is 4.79 Å². The molecule has 1 atom stereocenters. The summed E-state index contributed by atoms with van der Waals surface area (Å²) < 4.78 is 2.32. The van der Waals surface area contributed by atoms with Gasteiger partial charge >= 0.3 is 5.69 Å². The van der Waals surface area contributed by atoms with Gasteiger partial charge in [0.1, 0.15) is 0 Å². The number of carbonyl (C=O) groups excluding carboxylic acids is 1. The lowest BCUT2D eigenvalue weighted by molar-refractivity contribution is -0.131. The number of aromatic nitrogens is 2. The largest absolute Gasteiger partial charge is 0.340 e. The first-order valence-corrected chi connectivity index (χ1v) is 5.51. The Morgan fingerprint density at radius 1 is 1.44 bits per heavy atom. The first kappa shape index (κ1) is 14.2. The SMILES string of the molecule is C[C@H](N)C(=O)N(C)Cc1cn(C)c(=O)n(C)c1=O. The molecule has 0 spiro atoms. The number of amides is 1. The third-order valence-corrected chi connectivity index (χ3v) is 2.69. The monoisotopic (exact) mass is 254 g/mol. The Balaban J connectivity index is 3.10. The molecule has 0 saturated heterocycles. The fraction of sp³-hybridized carbons (Fsp3) is 0.545. The maximum Gasteiger partial charge on any atom is 0.330 e. The van der Waals surface area contributed by atoms with Crippen LogP contribution in [0.1, 0.15) is 12.5 Å². The molecule has 7 nitrogen and oxygen atoms in total. The molecule has 0 unspecified atom stereocenters. The van der Waals surface area contributed by atoms with Gasteiger partial charge in [0.05, 0.1) is 18.2 Å². The van der Waals surface area contributed by atoms with Crippen molar-refractivity contribution >= 4 is 5.91 Å². The van der Waals surface area contributed by atoms with Crippen LogP contribution in [0, 0.1) is 0 Å². The number of likely N-dealkylation sites (N-methyl/N-ethyl adjacent to an activating group) is 1. The van der Waals surface area contributed by atoms with Gasteiger partial charge in [-0.15, -0.1) is 0 Å². The number of hydrogen-bond donors (Lipinski definition) is 1. The van der Waals surface area contributed by atoms with Crippen LogP contribution >= 0.6 is 0 Å². The lowest BCUT2D eigenvalue weighted by Crippen LogP contribution is -2.43. The van der Waals surface area contributed by atoms with Crippen molar-refractivity contribution in [3.05, 3.63) is 32.6 Å². The van der Waals surface area contributed by atoms with Crippen molar-refractivity contribution < 1.29 is 4.79 Å².